The Morgan fingerprint density at radius 2 is 2.11 bits per heavy atom. The second kappa shape index (κ2) is 1.70. The van der Waals surface area contributed by atoms with Crippen LogP contribution in [0.15, 0.2) is 0 Å². The number of nitrogens with two attached hydrogens (primary N) is 1. The Kier molecular flexibility index (Phi) is 1.08. The maximum Gasteiger partial charge on any atom is 0.0809 e. The van der Waals surface area contributed by atoms with Crippen LogP contribution in [0.2, 0.25) is 0 Å². The van der Waals surface area contributed by atoms with Crippen molar-refractivity contribution in [3.63, 3.8) is 0 Å². The van der Waals surface area contributed by atoms with Gasteiger partial charge in [-0.25, -0.2) is 0 Å². The molecule has 0 unspecified atom stereocenters. The summed E-state index contributed by atoms with van der Waals surface area (Å²) in [6.45, 7) is 0.726. The van der Waals surface area contributed by atoms with Gasteiger partial charge in [0.2, 0.25) is 0 Å². The van der Waals surface area contributed by atoms with Crippen molar-refractivity contribution in [3.05, 3.63) is 0 Å². The molecule has 2 heteroatoms. The Labute approximate surface area is 55.4 Å². The van der Waals surface area contributed by atoms with Gasteiger partial charge in [-0.05, 0) is 25.7 Å². The Morgan fingerprint density at radius 3 is 2.33 bits per heavy atom. The molecule has 2 aliphatic rings. The molecule has 0 saturated carbocycles. The van der Waals surface area contributed by atoms with Gasteiger partial charge in [-0.1, -0.05) is 0 Å². The van der Waals surface area contributed by atoms with Crippen molar-refractivity contribution in [1.82, 2.24) is 0 Å². The molecule has 0 aromatic carbocycles. The third-order valence-corrected chi connectivity index (χ3v) is 2.63. The number of hydrogen-bond donors (Lipinski definition) is 1. The van der Waals surface area contributed by atoms with E-state index in [4.69, 9.17) is 10.5 Å². The van der Waals surface area contributed by atoms with Crippen LogP contribution in [0.5, 0.6) is 0 Å². The standard InChI is InChI=1S/C7H13NO/c8-5-7-3-1-6(9-7)2-4-7/h6H,1-5,8H2. The molecule has 0 amide bonds. The van der Waals surface area contributed by atoms with Crippen LogP contribution in [0, 0.1) is 0 Å². The zero-order valence-corrected chi connectivity index (χ0v) is 5.60. The van der Waals surface area contributed by atoms with Crippen LogP contribution < -0.4 is 5.73 Å². The minimum Gasteiger partial charge on any atom is -0.370 e. The second-order valence-electron chi connectivity index (χ2n) is 3.20. The quantitative estimate of drug-likeness (QED) is 0.561. The average Bonchev–Trinajstić information content (AvgIpc) is 2.46. The lowest BCUT2D eigenvalue weighted by Gasteiger charge is -2.21. The van der Waals surface area contributed by atoms with Crippen LogP contribution in [-0.4, -0.2) is 18.2 Å². The van der Waals surface area contributed by atoms with Crippen molar-refractivity contribution < 1.29 is 4.74 Å². The molecule has 52 valence electrons. The summed E-state index contributed by atoms with van der Waals surface area (Å²) >= 11 is 0. The summed E-state index contributed by atoms with van der Waals surface area (Å²) in [7, 11) is 0. The number of fused-ring (bicyclic) bond motifs is 2. The Balaban J connectivity index is 2.13. The zero-order valence-electron chi connectivity index (χ0n) is 5.60. The van der Waals surface area contributed by atoms with Gasteiger partial charge in [0.15, 0.2) is 0 Å². The molecule has 2 bridgehead atoms. The topological polar surface area (TPSA) is 35.2 Å². The lowest BCUT2D eigenvalue weighted by molar-refractivity contribution is 0.0206. The van der Waals surface area contributed by atoms with Gasteiger partial charge < -0.3 is 10.5 Å². The van der Waals surface area contributed by atoms with Crippen molar-refractivity contribution in [2.24, 2.45) is 5.73 Å². The smallest absolute Gasteiger partial charge is 0.0809 e. The molecular weight excluding hydrogens is 114 g/mol. The minimum absolute atomic E-state index is 0.130. The molecule has 2 fully saturated rings. The van der Waals surface area contributed by atoms with E-state index in [1.165, 1.54) is 25.7 Å². The highest BCUT2D eigenvalue weighted by Crippen LogP contribution is 2.42. The van der Waals surface area contributed by atoms with Gasteiger partial charge in [0.1, 0.15) is 0 Å². The molecule has 2 heterocycles. The molecule has 0 radical (unpaired) electrons. The summed E-state index contributed by atoms with van der Waals surface area (Å²) in [6, 6.07) is 0. The van der Waals surface area contributed by atoms with Gasteiger partial charge >= 0.3 is 0 Å². The lowest BCUT2D eigenvalue weighted by Crippen LogP contribution is -2.34. The van der Waals surface area contributed by atoms with E-state index in [0.29, 0.717) is 6.10 Å². The largest absolute Gasteiger partial charge is 0.370 e. The predicted molar refractivity (Wildman–Crippen MR) is 35.1 cm³/mol. The second-order valence-corrected chi connectivity index (χ2v) is 3.20. The zero-order chi connectivity index (χ0) is 6.32. The van der Waals surface area contributed by atoms with E-state index in [0.717, 1.165) is 6.54 Å². The molecule has 2 rings (SSSR count). The normalized spacial score (nSPS) is 48.3. The maximum atomic E-state index is 5.68. The summed E-state index contributed by atoms with van der Waals surface area (Å²) < 4.78 is 5.68. The molecule has 0 aromatic rings. The van der Waals surface area contributed by atoms with Gasteiger partial charge in [-0.2, -0.15) is 0 Å². The van der Waals surface area contributed by atoms with E-state index in [9.17, 15) is 0 Å². The molecule has 0 atom stereocenters. The predicted octanol–water partition coefficient (Wildman–Crippen LogP) is 0.657. The summed E-state index contributed by atoms with van der Waals surface area (Å²) in [4.78, 5) is 0. The first kappa shape index (κ1) is 5.69. The van der Waals surface area contributed by atoms with Crippen molar-refractivity contribution >= 4 is 0 Å². The van der Waals surface area contributed by atoms with Gasteiger partial charge in [-0.3, -0.25) is 0 Å². The monoisotopic (exact) mass is 127 g/mol. The third kappa shape index (κ3) is 0.700. The summed E-state index contributed by atoms with van der Waals surface area (Å²) in [5.41, 5.74) is 5.71. The van der Waals surface area contributed by atoms with E-state index in [-0.39, 0.29) is 5.60 Å². The van der Waals surface area contributed by atoms with Crippen LogP contribution in [0.4, 0.5) is 0 Å². The van der Waals surface area contributed by atoms with Crippen LogP contribution >= 0.6 is 0 Å². The highest BCUT2D eigenvalue weighted by molar-refractivity contribution is 4.96. The fraction of sp³-hybridized carbons (Fsp3) is 1.00. The van der Waals surface area contributed by atoms with Crippen LogP contribution in [0.25, 0.3) is 0 Å². The van der Waals surface area contributed by atoms with Crippen LogP contribution in [-0.2, 0) is 4.74 Å². The minimum atomic E-state index is 0.130. The first-order valence-electron chi connectivity index (χ1n) is 3.73. The Morgan fingerprint density at radius 1 is 1.44 bits per heavy atom. The van der Waals surface area contributed by atoms with E-state index < -0.39 is 0 Å². The average molecular weight is 127 g/mol. The van der Waals surface area contributed by atoms with Crippen molar-refractivity contribution in [2.45, 2.75) is 37.4 Å². The number of hydrogen-bond acceptors (Lipinski definition) is 2. The van der Waals surface area contributed by atoms with Crippen molar-refractivity contribution in [1.29, 1.82) is 0 Å². The first-order chi connectivity index (χ1) is 4.35. The van der Waals surface area contributed by atoms with E-state index >= 15 is 0 Å². The summed E-state index contributed by atoms with van der Waals surface area (Å²) in [5, 5.41) is 0. The highest BCUT2D eigenvalue weighted by Gasteiger charge is 2.44. The van der Waals surface area contributed by atoms with Crippen LogP contribution in [0.3, 0.4) is 0 Å². The third-order valence-electron chi connectivity index (χ3n) is 2.63. The number of ether oxygens (including phenoxy) is 1. The highest BCUT2D eigenvalue weighted by atomic mass is 16.5. The van der Waals surface area contributed by atoms with Gasteiger partial charge in [0.05, 0.1) is 11.7 Å². The maximum absolute atomic E-state index is 5.68. The van der Waals surface area contributed by atoms with E-state index in [2.05, 4.69) is 0 Å². The van der Waals surface area contributed by atoms with Gasteiger partial charge in [0.25, 0.3) is 0 Å². The fourth-order valence-corrected chi connectivity index (χ4v) is 1.96. The lowest BCUT2D eigenvalue weighted by atomic mass is 9.89. The molecule has 0 spiro atoms. The fourth-order valence-electron chi connectivity index (χ4n) is 1.96. The summed E-state index contributed by atoms with van der Waals surface area (Å²) in [6.07, 6.45) is 5.46. The molecule has 0 aliphatic carbocycles. The molecular formula is C7H13NO. The molecule has 2 saturated heterocycles. The van der Waals surface area contributed by atoms with Crippen molar-refractivity contribution in [2.75, 3.05) is 6.54 Å². The molecule has 0 aromatic heterocycles. The van der Waals surface area contributed by atoms with E-state index in [1.54, 1.807) is 0 Å². The van der Waals surface area contributed by atoms with Gasteiger partial charge in [0, 0.05) is 6.54 Å². The van der Waals surface area contributed by atoms with Crippen LogP contribution in [0.1, 0.15) is 25.7 Å². The first-order valence-corrected chi connectivity index (χ1v) is 3.73. The van der Waals surface area contributed by atoms with E-state index in [1.807, 2.05) is 0 Å². The molecule has 2 N–H and O–H groups in total. The van der Waals surface area contributed by atoms with Crippen molar-refractivity contribution in [3.8, 4) is 0 Å². The molecule has 2 aliphatic heterocycles. The molecule has 9 heavy (non-hydrogen) atoms. The van der Waals surface area contributed by atoms with Gasteiger partial charge in [-0.15, -0.1) is 0 Å². The summed E-state index contributed by atoms with van der Waals surface area (Å²) in [5.74, 6) is 0. The number of rotatable bonds is 1. The SMILES string of the molecule is NCC12CCC(CC1)O2. The Hall–Kier alpha value is -0.0800. The Bertz CT molecular complexity index is 116. The molecule has 2 nitrogen and oxygen atoms in total.